The number of amidine groups is 1. The van der Waals surface area contributed by atoms with E-state index >= 15 is 0 Å². The van der Waals surface area contributed by atoms with E-state index in [9.17, 15) is 0 Å². The number of aliphatic hydroxyl groups is 1. The van der Waals surface area contributed by atoms with Gasteiger partial charge in [-0.3, -0.25) is 0 Å². The van der Waals surface area contributed by atoms with Gasteiger partial charge in [0.1, 0.15) is 5.84 Å². The fraction of sp³-hybridized carbons (Fsp3) is 0.889. The lowest BCUT2D eigenvalue weighted by atomic mass is 10.2. The van der Waals surface area contributed by atoms with Crippen LogP contribution in [0.2, 0.25) is 0 Å². The fourth-order valence-electron chi connectivity index (χ4n) is 1.17. The topological polar surface area (TPSA) is 90.9 Å². The van der Waals surface area contributed by atoms with Crippen LogP contribution in [0.1, 0.15) is 33.1 Å². The second-order valence-electron chi connectivity index (χ2n) is 3.64. The molecule has 0 aromatic heterocycles. The van der Waals surface area contributed by atoms with Gasteiger partial charge in [-0.1, -0.05) is 5.16 Å². The Balaban J connectivity index is 3.40. The molecule has 0 bridgehead atoms. The van der Waals surface area contributed by atoms with Gasteiger partial charge in [-0.05, 0) is 33.2 Å². The van der Waals surface area contributed by atoms with Crippen molar-refractivity contribution in [3.8, 4) is 0 Å². The molecule has 0 saturated heterocycles. The highest BCUT2D eigenvalue weighted by Crippen LogP contribution is 1.96. The molecular formula is C9H21N3O2. The Labute approximate surface area is 85.0 Å². The van der Waals surface area contributed by atoms with Gasteiger partial charge in [0.05, 0.1) is 6.10 Å². The van der Waals surface area contributed by atoms with E-state index in [1.807, 2.05) is 6.92 Å². The number of aliphatic hydroxyl groups excluding tert-OH is 1. The van der Waals surface area contributed by atoms with Crippen molar-refractivity contribution in [2.45, 2.75) is 45.3 Å². The largest absolute Gasteiger partial charge is 0.409 e. The Morgan fingerprint density at radius 2 is 2.14 bits per heavy atom. The SMILES string of the molecule is CC(O)CCCNC(C)CC(N)=NO. The summed E-state index contributed by atoms with van der Waals surface area (Å²) in [5.74, 6) is 0.237. The Hall–Kier alpha value is -0.810. The zero-order valence-corrected chi connectivity index (χ0v) is 8.90. The minimum Gasteiger partial charge on any atom is -0.409 e. The third-order valence-corrected chi connectivity index (χ3v) is 1.94. The zero-order valence-electron chi connectivity index (χ0n) is 8.90. The van der Waals surface area contributed by atoms with Crippen LogP contribution in [0.15, 0.2) is 5.16 Å². The zero-order chi connectivity index (χ0) is 11.0. The highest BCUT2D eigenvalue weighted by Gasteiger charge is 2.04. The summed E-state index contributed by atoms with van der Waals surface area (Å²) >= 11 is 0. The average molecular weight is 203 g/mol. The van der Waals surface area contributed by atoms with Gasteiger partial charge in [0, 0.05) is 12.5 Å². The van der Waals surface area contributed by atoms with Crippen molar-refractivity contribution in [3.63, 3.8) is 0 Å². The van der Waals surface area contributed by atoms with Crippen molar-refractivity contribution in [3.05, 3.63) is 0 Å². The summed E-state index contributed by atoms with van der Waals surface area (Å²) in [6.07, 6.45) is 2.02. The molecule has 0 radical (unpaired) electrons. The summed E-state index contributed by atoms with van der Waals surface area (Å²) in [5, 5.41) is 23.5. The van der Waals surface area contributed by atoms with Gasteiger partial charge in [-0.2, -0.15) is 0 Å². The van der Waals surface area contributed by atoms with Crippen molar-refractivity contribution in [1.82, 2.24) is 5.32 Å². The lowest BCUT2D eigenvalue weighted by molar-refractivity contribution is 0.181. The molecule has 5 heteroatoms. The quantitative estimate of drug-likeness (QED) is 0.157. The van der Waals surface area contributed by atoms with Crippen LogP contribution in [0.25, 0.3) is 0 Å². The van der Waals surface area contributed by atoms with E-state index in [1.54, 1.807) is 6.92 Å². The highest BCUT2D eigenvalue weighted by molar-refractivity contribution is 5.80. The van der Waals surface area contributed by atoms with Crippen molar-refractivity contribution in [2.75, 3.05) is 6.54 Å². The van der Waals surface area contributed by atoms with Crippen molar-refractivity contribution in [1.29, 1.82) is 0 Å². The first kappa shape index (κ1) is 13.2. The van der Waals surface area contributed by atoms with Crippen molar-refractivity contribution in [2.24, 2.45) is 10.9 Å². The second kappa shape index (κ2) is 7.58. The van der Waals surface area contributed by atoms with Gasteiger partial charge in [0.15, 0.2) is 0 Å². The van der Waals surface area contributed by atoms with E-state index in [4.69, 9.17) is 16.0 Å². The number of oxime groups is 1. The molecule has 0 aliphatic rings. The third kappa shape index (κ3) is 7.82. The number of nitrogens with two attached hydrogens (primary N) is 1. The van der Waals surface area contributed by atoms with E-state index in [0.717, 1.165) is 19.4 Å². The molecule has 0 heterocycles. The fourth-order valence-corrected chi connectivity index (χ4v) is 1.17. The average Bonchev–Trinajstić information content (AvgIpc) is 2.12. The summed E-state index contributed by atoms with van der Waals surface area (Å²) in [7, 11) is 0. The van der Waals surface area contributed by atoms with Crippen LogP contribution in [-0.2, 0) is 0 Å². The monoisotopic (exact) mass is 203 g/mol. The first-order chi connectivity index (χ1) is 6.56. The number of hydrogen-bond donors (Lipinski definition) is 4. The van der Waals surface area contributed by atoms with Gasteiger partial charge in [-0.25, -0.2) is 0 Å². The van der Waals surface area contributed by atoms with Crippen molar-refractivity contribution < 1.29 is 10.3 Å². The normalized spacial score (nSPS) is 16.6. The predicted molar refractivity (Wildman–Crippen MR) is 56.4 cm³/mol. The minimum absolute atomic E-state index is 0.194. The number of nitrogens with zero attached hydrogens (tertiary/aromatic N) is 1. The van der Waals surface area contributed by atoms with Gasteiger partial charge in [0.25, 0.3) is 0 Å². The second-order valence-corrected chi connectivity index (χ2v) is 3.64. The molecule has 0 amide bonds. The van der Waals surface area contributed by atoms with Crippen LogP contribution in [0, 0.1) is 0 Å². The van der Waals surface area contributed by atoms with Crippen molar-refractivity contribution >= 4 is 5.84 Å². The van der Waals surface area contributed by atoms with Gasteiger partial charge in [-0.15, -0.1) is 0 Å². The molecule has 5 N–H and O–H groups in total. The molecule has 5 nitrogen and oxygen atoms in total. The van der Waals surface area contributed by atoms with E-state index in [2.05, 4.69) is 10.5 Å². The van der Waals surface area contributed by atoms with Gasteiger partial charge < -0.3 is 21.4 Å². The van der Waals surface area contributed by atoms with Gasteiger partial charge in [0.2, 0.25) is 0 Å². The first-order valence-electron chi connectivity index (χ1n) is 4.94. The number of hydrogen-bond acceptors (Lipinski definition) is 4. The van der Waals surface area contributed by atoms with E-state index in [1.165, 1.54) is 0 Å². The molecule has 0 rings (SSSR count). The van der Waals surface area contributed by atoms with E-state index < -0.39 is 0 Å². The Morgan fingerprint density at radius 3 is 2.64 bits per heavy atom. The maximum absolute atomic E-state index is 9.00. The summed E-state index contributed by atoms with van der Waals surface area (Å²) < 4.78 is 0. The molecule has 0 aromatic rings. The third-order valence-electron chi connectivity index (χ3n) is 1.94. The number of nitrogens with one attached hydrogen (secondary N) is 1. The molecule has 84 valence electrons. The van der Waals surface area contributed by atoms with Crippen LogP contribution < -0.4 is 11.1 Å². The number of rotatable bonds is 7. The van der Waals surface area contributed by atoms with E-state index in [0.29, 0.717) is 6.42 Å². The standard InChI is InChI=1S/C9H21N3O2/c1-7(6-9(10)12-14)11-5-3-4-8(2)13/h7-8,11,13-14H,3-6H2,1-2H3,(H2,10,12). The first-order valence-corrected chi connectivity index (χ1v) is 4.94. The molecule has 2 unspecified atom stereocenters. The van der Waals surface area contributed by atoms with Crippen LogP contribution in [0.3, 0.4) is 0 Å². The molecule has 0 fully saturated rings. The molecule has 0 aromatic carbocycles. The van der Waals surface area contributed by atoms with Crippen LogP contribution in [-0.4, -0.2) is 34.8 Å². The van der Waals surface area contributed by atoms with E-state index in [-0.39, 0.29) is 18.0 Å². The Bertz CT molecular complexity index is 171. The Morgan fingerprint density at radius 1 is 1.50 bits per heavy atom. The minimum atomic E-state index is -0.240. The molecule has 0 saturated carbocycles. The lowest BCUT2D eigenvalue weighted by Gasteiger charge is -2.12. The summed E-state index contributed by atoms with van der Waals surface area (Å²) in [4.78, 5) is 0. The molecule has 2 atom stereocenters. The van der Waals surface area contributed by atoms with Crippen LogP contribution in [0.4, 0.5) is 0 Å². The predicted octanol–water partition coefficient (Wildman–Crippen LogP) is 0.262. The lowest BCUT2D eigenvalue weighted by Crippen LogP contribution is -2.32. The summed E-state index contributed by atoms with van der Waals surface area (Å²) in [6, 6.07) is 0.194. The highest BCUT2D eigenvalue weighted by atomic mass is 16.4. The van der Waals surface area contributed by atoms with Crippen LogP contribution >= 0.6 is 0 Å². The molecule has 0 spiro atoms. The summed E-state index contributed by atoms with van der Waals surface area (Å²) in [5.41, 5.74) is 5.35. The maximum atomic E-state index is 9.00. The molecule has 0 aliphatic carbocycles. The van der Waals surface area contributed by atoms with Crippen LogP contribution in [0.5, 0.6) is 0 Å². The molecule has 0 aliphatic heterocycles. The van der Waals surface area contributed by atoms with Gasteiger partial charge >= 0.3 is 0 Å². The smallest absolute Gasteiger partial charge is 0.140 e. The molecule has 14 heavy (non-hydrogen) atoms. The summed E-state index contributed by atoms with van der Waals surface area (Å²) in [6.45, 7) is 4.59. The maximum Gasteiger partial charge on any atom is 0.140 e. The molecular weight excluding hydrogens is 182 g/mol. The Kier molecular flexibility index (Phi) is 7.14.